The molecule has 2 fully saturated rings. The standard InChI is InChI=1S/C12H16O6/c1-16-11(14)9-6-4-3-5-7(8(6)13)10(18-9)12(15)17-2/h6-7,9-10H,3-5H2,1-2H3/t6-,7+,9-,10+. The lowest BCUT2D eigenvalue weighted by molar-refractivity contribution is -0.195. The number of esters is 2. The number of rotatable bonds is 2. The van der Waals surface area contributed by atoms with Gasteiger partial charge in [-0.1, -0.05) is 6.42 Å². The van der Waals surface area contributed by atoms with Crippen molar-refractivity contribution < 1.29 is 28.6 Å². The molecule has 4 atom stereocenters. The van der Waals surface area contributed by atoms with Gasteiger partial charge in [-0.05, 0) is 12.8 Å². The molecule has 18 heavy (non-hydrogen) atoms. The van der Waals surface area contributed by atoms with Gasteiger partial charge in [0.15, 0.2) is 12.2 Å². The Morgan fingerprint density at radius 2 is 1.50 bits per heavy atom. The summed E-state index contributed by atoms with van der Waals surface area (Å²) >= 11 is 0. The van der Waals surface area contributed by atoms with E-state index in [1.165, 1.54) is 14.2 Å². The molecule has 0 amide bonds. The van der Waals surface area contributed by atoms with Gasteiger partial charge in [0.05, 0.1) is 26.1 Å². The van der Waals surface area contributed by atoms with Crippen LogP contribution in [0.4, 0.5) is 0 Å². The average Bonchev–Trinajstić information content (AvgIpc) is 2.37. The summed E-state index contributed by atoms with van der Waals surface area (Å²) in [5.74, 6) is -2.28. The van der Waals surface area contributed by atoms with Crippen LogP contribution in [0.3, 0.4) is 0 Å². The van der Waals surface area contributed by atoms with Crippen molar-refractivity contribution in [2.45, 2.75) is 31.5 Å². The van der Waals surface area contributed by atoms with Gasteiger partial charge in [0.25, 0.3) is 0 Å². The van der Waals surface area contributed by atoms with Crippen LogP contribution < -0.4 is 0 Å². The first kappa shape index (κ1) is 13.0. The van der Waals surface area contributed by atoms with E-state index in [9.17, 15) is 14.4 Å². The Labute approximate surface area is 105 Å². The summed E-state index contributed by atoms with van der Waals surface area (Å²) in [6.07, 6.45) is 0.0310. The van der Waals surface area contributed by atoms with E-state index >= 15 is 0 Å². The van der Waals surface area contributed by atoms with E-state index in [0.717, 1.165) is 6.42 Å². The Bertz CT molecular complexity index is 345. The minimum atomic E-state index is -0.983. The summed E-state index contributed by atoms with van der Waals surface area (Å²) in [6, 6.07) is 0. The van der Waals surface area contributed by atoms with E-state index in [4.69, 9.17) is 4.74 Å². The Hall–Kier alpha value is -1.43. The number of hydrogen-bond donors (Lipinski definition) is 0. The number of methoxy groups -OCH3 is 2. The summed E-state index contributed by atoms with van der Waals surface area (Å²) in [5, 5.41) is 0. The highest BCUT2D eigenvalue weighted by Crippen LogP contribution is 2.38. The van der Waals surface area contributed by atoms with Crippen LogP contribution in [-0.2, 0) is 28.6 Å². The van der Waals surface area contributed by atoms with Crippen molar-refractivity contribution in [1.82, 2.24) is 0 Å². The fourth-order valence-corrected chi connectivity index (χ4v) is 2.74. The Kier molecular flexibility index (Phi) is 3.65. The molecule has 6 heteroatoms. The van der Waals surface area contributed by atoms with Gasteiger partial charge in [-0.25, -0.2) is 9.59 Å². The molecule has 2 aliphatic rings. The van der Waals surface area contributed by atoms with E-state index in [1.54, 1.807) is 0 Å². The van der Waals surface area contributed by atoms with E-state index in [1.807, 2.05) is 0 Å². The van der Waals surface area contributed by atoms with Gasteiger partial charge in [0.2, 0.25) is 0 Å². The van der Waals surface area contributed by atoms with Crippen LogP contribution in [0.25, 0.3) is 0 Å². The van der Waals surface area contributed by atoms with Crippen LogP contribution in [0.15, 0.2) is 0 Å². The van der Waals surface area contributed by atoms with Crippen LogP contribution in [0.5, 0.6) is 0 Å². The molecular formula is C12H16O6. The maximum Gasteiger partial charge on any atom is 0.335 e. The molecule has 100 valence electrons. The topological polar surface area (TPSA) is 78.9 Å². The van der Waals surface area contributed by atoms with Gasteiger partial charge in [0.1, 0.15) is 5.78 Å². The Morgan fingerprint density at radius 3 is 1.89 bits per heavy atom. The fraction of sp³-hybridized carbons (Fsp3) is 0.750. The summed E-state index contributed by atoms with van der Waals surface area (Å²) in [5.41, 5.74) is 0. The molecule has 0 aromatic rings. The summed E-state index contributed by atoms with van der Waals surface area (Å²) < 4.78 is 14.7. The van der Waals surface area contributed by atoms with Crippen molar-refractivity contribution in [3.63, 3.8) is 0 Å². The third-order valence-electron chi connectivity index (χ3n) is 3.65. The first-order valence-electron chi connectivity index (χ1n) is 5.95. The lowest BCUT2D eigenvalue weighted by atomic mass is 9.72. The minimum Gasteiger partial charge on any atom is -0.467 e. The molecule has 0 unspecified atom stereocenters. The molecule has 6 nitrogen and oxygen atoms in total. The van der Waals surface area contributed by atoms with Crippen molar-refractivity contribution in [2.24, 2.45) is 11.8 Å². The molecule has 1 aliphatic heterocycles. The van der Waals surface area contributed by atoms with E-state index in [0.29, 0.717) is 12.8 Å². The third-order valence-corrected chi connectivity index (χ3v) is 3.65. The number of fused-ring (bicyclic) bond motifs is 2. The second-order valence-corrected chi connectivity index (χ2v) is 4.57. The smallest absolute Gasteiger partial charge is 0.335 e. The van der Waals surface area contributed by atoms with Gasteiger partial charge < -0.3 is 14.2 Å². The zero-order chi connectivity index (χ0) is 13.3. The maximum atomic E-state index is 12.2. The van der Waals surface area contributed by atoms with Crippen LogP contribution in [0.2, 0.25) is 0 Å². The third kappa shape index (κ3) is 2.01. The van der Waals surface area contributed by atoms with Crippen molar-refractivity contribution in [3.05, 3.63) is 0 Å². The fourth-order valence-electron chi connectivity index (χ4n) is 2.74. The molecule has 0 spiro atoms. The monoisotopic (exact) mass is 256 g/mol. The number of hydrogen-bond acceptors (Lipinski definition) is 6. The molecule has 1 saturated heterocycles. The van der Waals surface area contributed by atoms with Crippen molar-refractivity contribution in [1.29, 1.82) is 0 Å². The van der Waals surface area contributed by atoms with Gasteiger partial charge in [-0.2, -0.15) is 0 Å². The van der Waals surface area contributed by atoms with Crippen LogP contribution in [0.1, 0.15) is 19.3 Å². The predicted molar refractivity (Wildman–Crippen MR) is 58.5 cm³/mol. The predicted octanol–water partition coefficient (Wildman–Crippen LogP) is 0.0852. The number of Topliss-reactive ketones (excluding diaryl/α,β-unsaturated/α-hetero) is 1. The second-order valence-electron chi connectivity index (χ2n) is 4.57. The largest absolute Gasteiger partial charge is 0.467 e. The van der Waals surface area contributed by atoms with Gasteiger partial charge in [-0.3, -0.25) is 4.79 Å². The van der Waals surface area contributed by atoms with Crippen molar-refractivity contribution >= 4 is 17.7 Å². The summed E-state index contributed by atoms with van der Waals surface area (Å²) in [4.78, 5) is 35.4. The van der Waals surface area contributed by atoms with Gasteiger partial charge in [0, 0.05) is 0 Å². The highest BCUT2D eigenvalue weighted by molar-refractivity contribution is 5.95. The quantitative estimate of drug-likeness (QED) is 0.651. The Balaban J connectivity index is 2.26. The summed E-state index contributed by atoms with van der Waals surface area (Å²) in [7, 11) is 2.47. The first-order valence-corrected chi connectivity index (χ1v) is 5.95. The molecule has 1 saturated carbocycles. The number of ketones is 1. The van der Waals surface area contributed by atoms with Gasteiger partial charge >= 0.3 is 11.9 Å². The average molecular weight is 256 g/mol. The molecule has 1 aliphatic carbocycles. The van der Waals surface area contributed by atoms with Crippen molar-refractivity contribution in [2.75, 3.05) is 14.2 Å². The van der Waals surface area contributed by atoms with Crippen LogP contribution >= 0.6 is 0 Å². The highest BCUT2D eigenvalue weighted by Gasteiger charge is 2.52. The van der Waals surface area contributed by atoms with Crippen LogP contribution in [-0.4, -0.2) is 44.1 Å². The number of carbonyl (C=O) groups is 3. The minimum absolute atomic E-state index is 0.0849. The second kappa shape index (κ2) is 5.06. The molecule has 0 radical (unpaired) electrons. The van der Waals surface area contributed by atoms with E-state index in [2.05, 4.69) is 9.47 Å². The molecule has 1 heterocycles. The SMILES string of the molecule is COC(=O)[C@H]1O[C@@H](C(=O)OC)[C@@H]2CCC[C@H]1C2=O. The van der Waals surface area contributed by atoms with E-state index < -0.39 is 36.0 Å². The highest BCUT2D eigenvalue weighted by atomic mass is 16.6. The van der Waals surface area contributed by atoms with Gasteiger partial charge in [-0.15, -0.1) is 0 Å². The van der Waals surface area contributed by atoms with Crippen LogP contribution in [0, 0.1) is 11.8 Å². The number of ether oxygens (including phenoxy) is 3. The molecule has 0 N–H and O–H groups in total. The lowest BCUT2D eigenvalue weighted by Gasteiger charge is -2.41. The zero-order valence-corrected chi connectivity index (χ0v) is 10.4. The Morgan fingerprint density at radius 1 is 1.06 bits per heavy atom. The molecule has 2 bridgehead atoms. The first-order chi connectivity index (χ1) is 8.60. The zero-order valence-electron chi connectivity index (χ0n) is 10.4. The lowest BCUT2D eigenvalue weighted by Crippen LogP contribution is -2.56. The molecule has 2 rings (SSSR count). The summed E-state index contributed by atoms with van der Waals surface area (Å²) in [6.45, 7) is 0. The maximum absolute atomic E-state index is 12.2. The number of carbonyl (C=O) groups excluding carboxylic acids is 3. The molecule has 0 aromatic carbocycles. The molecular weight excluding hydrogens is 240 g/mol. The van der Waals surface area contributed by atoms with E-state index in [-0.39, 0.29) is 5.78 Å². The normalized spacial score (nSPS) is 34.9. The molecule has 0 aromatic heterocycles. The van der Waals surface area contributed by atoms with Crippen molar-refractivity contribution in [3.8, 4) is 0 Å².